The number of carbonyl (C=O) groups excluding carboxylic acids is 1. The smallest absolute Gasteiger partial charge is 0.321 e. The minimum absolute atomic E-state index is 0.168. The van der Waals surface area contributed by atoms with E-state index in [4.69, 9.17) is 4.74 Å². The fraction of sp³-hybridized carbons (Fsp3) is 0.417. The molecule has 0 unspecified atom stereocenters. The van der Waals surface area contributed by atoms with Crippen molar-refractivity contribution in [3.8, 4) is 5.75 Å². The maximum Gasteiger partial charge on any atom is 0.321 e. The molecule has 0 aliphatic rings. The Morgan fingerprint density at radius 1 is 1.47 bits per heavy atom. The summed E-state index contributed by atoms with van der Waals surface area (Å²) in [7, 11) is 0. The van der Waals surface area contributed by atoms with Gasteiger partial charge < -0.3 is 4.74 Å². The van der Waals surface area contributed by atoms with Crippen molar-refractivity contribution in [1.82, 2.24) is 0 Å². The topological polar surface area (TPSA) is 26.3 Å². The molecule has 1 aromatic carbocycles. The lowest BCUT2D eigenvalue weighted by atomic mass is 10.2. The Balaban J connectivity index is 2.37. The molecule has 0 N–H and O–H groups in total. The van der Waals surface area contributed by atoms with E-state index in [1.807, 2.05) is 25.1 Å². The van der Waals surface area contributed by atoms with Gasteiger partial charge in [-0.25, -0.2) is 0 Å². The van der Waals surface area contributed by atoms with Gasteiger partial charge in [0.1, 0.15) is 5.75 Å². The van der Waals surface area contributed by atoms with Crippen LogP contribution in [0.15, 0.2) is 24.3 Å². The molecule has 0 atom stereocenters. The molecule has 0 aliphatic heterocycles. The Bertz CT molecular complexity index is 323. The molecule has 1 aromatic rings. The number of rotatable bonds is 5. The van der Waals surface area contributed by atoms with Crippen LogP contribution in [0.1, 0.15) is 18.9 Å². The maximum absolute atomic E-state index is 11.4. The van der Waals surface area contributed by atoms with E-state index >= 15 is 0 Å². The van der Waals surface area contributed by atoms with Crippen molar-refractivity contribution in [1.29, 1.82) is 0 Å². The largest absolute Gasteiger partial charge is 0.426 e. The summed E-state index contributed by atoms with van der Waals surface area (Å²) in [4.78, 5) is 11.4. The molecule has 82 valence electrons. The number of hydrogen-bond acceptors (Lipinski definition) is 3. The first-order valence-corrected chi connectivity index (χ1v) is 6.23. The second kappa shape index (κ2) is 6.51. The first-order valence-electron chi connectivity index (χ1n) is 5.07. The number of thioether (sulfide) groups is 1. The van der Waals surface area contributed by atoms with Crippen LogP contribution in [0, 0.1) is 6.92 Å². The van der Waals surface area contributed by atoms with Crippen LogP contribution in [0.4, 0.5) is 0 Å². The van der Waals surface area contributed by atoms with E-state index < -0.39 is 0 Å². The minimum atomic E-state index is -0.168. The summed E-state index contributed by atoms with van der Waals surface area (Å²) in [5.74, 6) is 1.90. The van der Waals surface area contributed by atoms with E-state index in [-0.39, 0.29) is 5.97 Å². The summed E-state index contributed by atoms with van der Waals surface area (Å²) in [6.07, 6.45) is 1.09. The summed E-state index contributed by atoms with van der Waals surface area (Å²) < 4.78 is 5.18. The lowest BCUT2D eigenvalue weighted by Crippen LogP contribution is -2.11. The van der Waals surface area contributed by atoms with Gasteiger partial charge in [-0.2, -0.15) is 11.8 Å². The first kappa shape index (κ1) is 12.1. The molecule has 0 amide bonds. The molecule has 0 saturated heterocycles. The fourth-order valence-corrected chi connectivity index (χ4v) is 1.80. The van der Waals surface area contributed by atoms with Gasteiger partial charge in [-0.15, -0.1) is 0 Å². The van der Waals surface area contributed by atoms with Crippen LogP contribution < -0.4 is 4.74 Å². The Morgan fingerprint density at radius 3 is 2.93 bits per heavy atom. The van der Waals surface area contributed by atoms with Crippen molar-refractivity contribution in [2.24, 2.45) is 0 Å². The molecule has 0 saturated carbocycles. The van der Waals surface area contributed by atoms with E-state index in [0.717, 1.165) is 17.7 Å². The molecule has 3 heteroatoms. The van der Waals surface area contributed by atoms with Gasteiger partial charge in [0.25, 0.3) is 0 Å². The van der Waals surface area contributed by atoms with Gasteiger partial charge in [0.2, 0.25) is 0 Å². The average Bonchev–Trinajstić information content (AvgIpc) is 2.18. The van der Waals surface area contributed by atoms with Gasteiger partial charge in [-0.3, -0.25) is 4.79 Å². The van der Waals surface area contributed by atoms with E-state index in [0.29, 0.717) is 11.5 Å². The Hall–Kier alpha value is -0.960. The summed E-state index contributed by atoms with van der Waals surface area (Å²) >= 11 is 1.61. The van der Waals surface area contributed by atoms with Crippen LogP contribution >= 0.6 is 11.8 Å². The van der Waals surface area contributed by atoms with Crippen molar-refractivity contribution in [2.75, 3.05) is 11.5 Å². The fourth-order valence-electron chi connectivity index (χ4n) is 1.14. The molecule has 1 rings (SSSR count). The van der Waals surface area contributed by atoms with Crippen LogP contribution in [0.3, 0.4) is 0 Å². The number of benzene rings is 1. The van der Waals surface area contributed by atoms with Crippen LogP contribution in [-0.2, 0) is 4.79 Å². The van der Waals surface area contributed by atoms with Gasteiger partial charge in [-0.1, -0.05) is 19.1 Å². The summed E-state index contributed by atoms with van der Waals surface area (Å²) in [5.41, 5.74) is 1.10. The van der Waals surface area contributed by atoms with E-state index in [2.05, 4.69) is 6.92 Å². The lowest BCUT2D eigenvalue weighted by molar-refractivity contribution is -0.131. The SMILES string of the molecule is CCCSCC(=O)Oc1cccc(C)c1. The highest BCUT2D eigenvalue weighted by molar-refractivity contribution is 7.99. The molecule has 0 spiro atoms. The number of esters is 1. The monoisotopic (exact) mass is 224 g/mol. The Labute approximate surface area is 95.0 Å². The number of carbonyl (C=O) groups is 1. The third-order valence-corrected chi connectivity index (χ3v) is 2.93. The average molecular weight is 224 g/mol. The van der Waals surface area contributed by atoms with Crippen molar-refractivity contribution < 1.29 is 9.53 Å². The van der Waals surface area contributed by atoms with Crippen LogP contribution in [-0.4, -0.2) is 17.5 Å². The molecule has 0 aliphatic carbocycles. The highest BCUT2D eigenvalue weighted by Gasteiger charge is 2.04. The van der Waals surface area contributed by atoms with Crippen LogP contribution in [0.2, 0.25) is 0 Å². The highest BCUT2D eigenvalue weighted by atomic mass is 32.2. The third kappa shape index (κ3) is 4.88. The van der Waals surface area contributed by atoms with Crippen molar-refractivity contribution in [3.63, 3.8) is 0 Å². The van der Waals surface area contributed by atoms with E-state index in [9.17, 15) is 4.79 Å². The Kier molecular flexibility index (Phi) is 5.26. The summed E-state index contributed by atoms with van der Waals surface area (Å²) in [6, 6.07) is 7.53. The zero-order chi connectivity index (χ0) is 11.1. The van der Waals surface area contributed by atoms with E-state index in [1.165, 1.54) is 0 Å². The molecule has 2 nitrogen and oxygen atoms in total. The quantitative estimate of drug-likeness (QED) is 0.437. The first-order chi connectivity index (χ1) is 7.22. The zero-order valence-electron chi connectivity index (χ0n) is 9.16. The minimum Gasteiger partial charge on any atom is -0.426 e. The second-order valence-corrected chi connectivity index (χ2v) is 4.45. The normalized spacial score (nSPS) is 10.0. The lowest BCUT2D eigenvalue weighted by Gasteiger charge is -2.04. The van der Waals surface area contributed by atoms with Gasteiger partial charge in [-0.05, 0) is 36.8 Å². The maximum atomic E-state index is 11.4. The predicted octanol–water partition coefficient (Wildman–Crippen LogP) is 3.04. The van der Waals surface area contributed by atoms with Crippen molar-refractivity contribution in [3.05, 3.63) is 29.8 Å². The second-order valence-electron chi connectivity index (χ2n) is 3.34. The molecule has 0 heterocycles. The third-order valence-electron chi connectivity index (χ3n) is 1.79. The summed E-state index contributed by atoms with van der Waals surface area (Å²) in [6.45, 7) is 4.07. The molecule has 0 fully saturated rings. The molecule has 0 aromatic heterocycles. The standard InChI is InChI=1S/C12H16O2S/c1-3-7-15-9-12(13)14-11-6-4-5-10(2)8-11/h4-6,8H,3,7,9H2,1-2H3. The van der Waals surface area contributed by atoms with Gasteiger partial charge >= 0.3 is 5.97 Å². The molecule has 15 heavy (non-hydrogen) atoms. The number of aryl methyl sites for hydroxylation is 1. The molecular weight excluding hydrogens is 208 g/mol. The van der Waals surface area contributed by atoms with E-state index in [1.54, 1.807) is 17.8 Å². The molecular formula is C12H16O2S. The predicted molar refractivity (Wildman–Crippen MR) is 64.4 cm³/mol. The molecule has 0 bridgehead atoms. The van der Waals surface area contributed by atoms with Crippen LogP contribution in [0.5, 0.6) is 5.75 Å². The van der Waals surface area contributed by atoms with Gasteiger partial charge in [0, 0.05) is 0 Å². The Morgan fingerprint density at radius 2 is 2.27 bits per heavy atom. The van der Waals surface area contributed by atoms with Crippen molar-refractivity contribution in [2.45, 2.75) is 20.3 Å². The van der Waals surface area contributed by atoms with Gasteiger partial charge in [0.05, 0.1) is 5.75 Å². The number of ether oxygens (including phenoxy) is 1. The zero-order valence-corrected chi connectivity index (χ0v) is 9.97. The molecule has 0 radical (unpaired) electrons. The summed E-state index contributed by atoms with van der Waals surface area (Å²) in [5, 5.41) is 0. The van der Waals surface area contributed by atoms with Crippen LogP contribution in [0.25, 0.3) is 0 Å². The van der Waals surface area contributed by atoms with Gasteiger partial charge in [0.15, 0.2) is 0 Å². The van der Waals surface area contributed by atoms with Crippen molar-refractivity contribution >= 4 is 17.7 Å². The highest BCUT2D eigenvalue weighted by Crippen LogP contribution is 2.13. The number of hydrogen-bond donors (Lipinski definition) is 0.